The highest BCUT2D eigenvalue weighted by molar-refractivity contribution is 5.33. The van der Waals surface area contributed by atoms with Crippen LogP contribution in [0.25, 0.3) is 0 Å². The molecular weight excluding hydrogens is 348 g/mol. The van der Waals surface area contributed by atoms with Gasteiger partial charge in [-0.3, -0.25) is 0 Å². The van der Waals surface area contributed by atoms with Crippen molar-refractivity contribution >= 4 is 0 Å². The van der Waals surface area contributed by atoms with Crippen LogP contribution in [0.1, 0.15) is 59.3 Å². The number of aliphatic hydroxyl groups is 6. The van der Waals surface area contributed by atoms with Gasteiger partial charge in [-0.2, -0.15) is 0 Å². The maximum absolute atomic E-state index is 11.9. The summed E-state index contributed by atoms with van der Waals surface area (Å²) in [7, 11) is 0. The molecule has 0 aliphatic heterocycles. The van der Waals surface area contributed by atoms with Gasteiger partial charge in [0.2, 0.25) is 0 Å². The highest BCUT2D eigenvalue weighted by atomic mass is 16.4. The summed E-state index contributed by atoms with van der Waals surface area (Å²) in [4.78, 5) is 0. The molecule has 27 heavy (non-hydrogen) atoms. The lowest BCUT2D eigenvalue weighted by Crippen LogP contribution is -2.75. The molecule has 0 saturated heterocycles. The number of hydrogen-bond donors (Lipinski definition) is 6. The molecule has 4 rings (SSSR count). The Morgan fingerprint density at radius 2 is 1.74 bits per heavy atom. The van der Waals surface area contributed by atoms with Gasteiger partial charge in [-0.05, 0) is 56.8 Å². The van der Waals surface area contributed by atoms with E-state index in [1.165, 1.54) is 6.92 Å². The lowest BCUT2D eigenvalue weighted by Gasteiger charge is -2.65. The molecule has 4 aliphatic carbocycles. The van der Waals surface area contributed by atoms with Crippen LogP contribution in [-0.4, -0.2) is 66.3 Å². The first kappa shape index (κ1) is 19.8. The van der Waals surface area contributed by atoms with E-state index in [2.05, 4.69) is 13.0 Å². The molecule has 4 aliphatic rings. The van der Waals surface area contributed by atoms with Crippen molar-refractivity contribution in [2.24, 2.45) is 22.7 Å². The zero-order chi connectivity index (χ0) is 20.0. The average molecular weight is 382 g/mol. The molecule has 0 heterocycles. The topological polar surface area (TPSA) is 121 Å². The average Bonchev–Trinajstić information content (AvgIpc) is 2.83. The van der Waals surface area contributed by atoms with Crippen molar-refractivity contribution < 1.29 is 30.6 Å². The predicted octanol–water partition coefficient (Wildman–Crippen LogP) is 0.478. The summed E-state index contributed by atoms with van der Waals surface area (Å²) in [5.41, 5.74) is -3.77. The number of allylic oxidation sites excluding steroid dienone is 1. The fourth-order valence-electron chi connectivity index (χ4n) is 7.42. The molecule has 3 saturated carbocycles. The Kier molecular flexibility index (Phi) is 4.23. The van der Waals surface area contributed by atoms with Crippen LogP contribution in [0.2, 0.25) is 0 Å². The van der Waals surface area contributed by atoms with Crippen LogP contribution >= 0.6 is 0 Å². The van der Waals surface area contributed by atoms with Crippen LogP contribution in [0, 0.1) is 22.7 Å². The van der Waals surface area contributed by atoms with Gasteiger partial charge in [-0.1, -0.05) is 25.5 Å². The van der Waals surface area contributed by atoms with Crippen molar-refractivity contribution in [1.29, 1.82) is 0 Å². The van der Waals surface area contributed by atoms with Crippen molar-refractivity contribution in [2.75, 3.05) is 0 Å². The number of aliphatic hydroxyl groups excluding tert-OH is 4. The molecule has 10 atom stereocenters. The molecule has 6 N–H and O–H groups in total. The van der Waals surface area contributed by atoms with Crippen molar-refractivity contribution in [1.82, 2.24) is 0 Å². The van der Waals surface area contributed by atoms with Gasteiger partial charge >= 0.3 is 0 Å². The summed E-state index contributed by atoms with van der Waals surface area (Å²) in [6.45, 7) is 5.16. The summed E-state index contributed by atoms with van der Waals surface area (Å²) in [6.07, 6.45) is 0.980. The number of fused-ring (bicyclic) bond motifs is 5. The molecule has 0 aromatic rings. The van der Waals surface area contributed by atoms with Gasteiger partial charge in [0.05, 0.1) is 35.4 Å². The van der Waals surface area contributed by atoms with E-state index < -0.39 is 40.3 Å². The minimum atomic E-state index is -1.67. The highest BCUT2D eigenvalue weighted by Crippen LogP contribution is 2.69. The molecule has 6 nitrogen and oxygen atoms in total. The lowest BCUT2D eigenvalue weighted by molar-refractivity contribution is -0.302. The van der Waals surface area contributed by atoms with E-state index in [1.54, 1.807) is 6.92 Å². The Morgan fingerprint density at radius 1 is 1.07 bits per heavy atom. The second-order valence-electron chi connectivity index (χ2n) is 10.1. The minimum absolute atomic E-state index is 0.177. The normalized spacial score (nSPS) is 58.7. The third-order valence-electron chi connectivity index (χ3n) is 9.25. The van der Waals surface area contributed by atoms with Crippen molar-refractivity contribution in [3.05, 3.63) is 11.6 Å². The van der Waals surface area contributed by atoms with Crippen molar-refractivity contribution in [2.45, 2.75) is 94.9 Å². The van der Waals surface area contributed by atoms with Crippen LogP contribution < -0.4 is 0 Å². The minimum Gasteiger partial charge on any atom is -0.393 e. The van der Waals surface area contributed by atoms with Crippen LogP contribution in [-0.2, 0) is 0 Å². The first-order valence-corrected chi connectivity index (χ1v) is 10.3. The zero-order valence-corrected chi connectivity index (χ0v) is 16.5. The van der Waals surface area contributed by atoms with Crippen molar-refractivity contribution in [3.8, 4) is 0 Å². The van der Waals surface area contributed by atoms with E-state index in [0.717, 1.165) is 5.57 Å². The molecule has 0 bridgehead atoms. The molecule has 0 spiro atoms. The van der Waals surface area contributed by atoms with Gasteiger partial charge in [0.25, 0.3) is 0 Å². The summed E-state index contributed by atoms with van der Waals surface area (Å²) in [5, 5.41) is 66.0. The second kappa shape index (κ2) is 5.77. The van der Waals surface area contributed by atoms with Gasteiger partial charge in [0.15, 0.2) is 0 Å². The summed E-state index contributed by atoms with van der Waals surface area (Å²) in [5.74, 6) is -0.674. The molecule has 0 unspecified atom stereocenters. The fraction of sp³-hybridized carbons (Fsp3) is 0.905. The molecule has 3 fully saturated rings. The van der Waals surface area contributed by atoms with Crippen LogP contribution in [0.3, 0.4) is 0 Å². The first-order chi connectivity index (χ1) is 12.4. The van der Waals surface area contributed by atoms with Gasteiger partial charge in [0.1, 0.15) is 5.60 Å². The third-order valence-corrected chi connectivity index (χ3v) is 9.25. The van der Waals surface area contributed by atoms with Crippen LogP contribution in [0.5, 0.6) is 0 Å². The van der Waals surface area contributed by atoms with E-state index in [4.69, 9.17) is 0 Å². The van der Waals surface area contributed by atoms with E-state index in [-0.39, 0.29) is 30.8 Å². The highest BCUT2D eigenvalue weighted by Gasteiger charge is 2.77. The third kappa shape index (κ3) is 2.12. The molecule has 154 valence electrons. The van der Waals surface area contributed by atoms with Gasteiger partial charge in [-0.25, -0.2) is 0 Å². The molecule has 0 aromatic carbocycles. The largest absolute Gasteiger partial charge is 0.393 e. The first-order valence-electron chi connectivity index (χ1n) is 10.3. The molecule has 0 aromatic heterocycles. The summed E-state index contributed by atoms with van der Waals surface area (Å²) >= 11 is 0. The van der Waals surface area contributed by atoms with Gasteiger partial charge < -0.3 is 30.6 Å². The standard InChI is InChI=1S/C21H34O6/c1-11(22)20(26)8-9-21(27)14-5-4-12-10-13(23)6-7-18(12,2)15(14)16(24)17(25)19(20,21)3/h4,11,13-17,22-27H,5-10H2,1-3H3/t11-,13-,14+,15-,16-,17+,18-,19+,20+,21-/m0/s1. The van der Waals surface area contributed by atoms with E-state index in [0.29, 0.717) is 25.7 Å². The Labute approximate surface area is 160 Å². The lowest BCUT2D eigenvalue weighted by atomic mass is 9.43. The predicted molar refractivity (Wildman–Crippen MR) is 98.6 cm³/mol. The second-order valence-corrected chi connectivity index (χ2v) is 10.1. The van der Waals surface area contributed by atoms with E-state index in [9.17, 15) is 30.6 Å². The molecular formula is C21H34O6. The maximum Gasteiger partial charge on any atom is 0.101 e. The SMILES string of the molecule is C[C@H](O)[C@]1(O)CC[C@]2(O)[C@@H]3CC=C4C[C@@H](O)CC[C@]4(C)[C@@H]3[C@H](O)[C@@H](O)[C@]12C. The summed E-state index contributed by atoms with van der Waals surface area (Å²) < 4.78 is 0. The van der Waals surface area contributed by atoms with Gasteiger partial charge in [0, 0.05) is 5.92 Å². The molecule has 0 amide bonds. The number of rotatable bonds is 1. The van der Waals surface area contributed by atoms with Gasteiger partial charge in [-0.15, -0.1) is 0 Å². The monoisotopic (exact) mass is 382 g/mol. The fourth-order valence-corrected chi connectivity index (χ4v) is 7.42. The van der Waals surface area contributed by atoms with Crippen molar-refractivity contribution in [3.63, 3.8) is 0 Å². The quantitative estimate of drug-likeness (QED) is 0.367. The van der Waals surface area contributed by atoms with Crippen LogP contribution in [0.15, 0.2) is 11.6 Å². The zero-order valence-electron chi connectivity index (χ0n) is 16.5. The van der Waals surface area contributed by atoms with E-state index in [1.807, 2.05) is 0 Å². The molecule has 0 radical (unpaired) electrons. The Morgan fingerprint density at radius 3 is 2.37 bits per heavy atom. The molecule has 6 heteroatoms. The maximum atomic E-state index is 11.9. The Balaban J connectivity index is 1.85. The number of hydrogen-bond acceptors (Lipinski definition) is 6. The van der Waals surface area contributed by atoms with E-state index >= 15 is 0 Å². The van der Waals surface area contributed by atoms with Crippen LogP contribution in [0.4, 0.5) is 0 Å². The summed E-state index contributed by atoms with van der Waals surface area (Å²) in [6, 6.07) is 0. The smallest absolute Gasteiger partial charge is 0.101 e. The Hall–Kier alpha value is -0.500. The Bertz CT molecular complexity index is 663.